The Hall–Kier alpha value is -1.88. The van der Waals surface area contributed by atoms with Crippen LogP contribution in [0, 0.1) is 11.6 Å². The first kappa shape index (κ1) is 14.1. The Bertz CT molecular complexity index is 730. The first-order valence-electron chi connectivity index (χ1n) is 6.59. The highest BCUT2D eigenvalue weighted by Crippen LogP contribution is 2.38. The summed E-state index contributed by atoms with van der Waals surface area (Å²) < 4.78 is 26.7. The maximum absolute atomic E-state index is 13.8. The summed E-state index contributed by atoms with van der Waals surface area (Å²) in [5, 5.41) is 3.06. The number of rotatable bonds is 3. The largest absolute Gasteiger partial charge is 0.387 e. The molecule has 0 radical (unpaired) electrons. The van der Waals surface area contributed by atoms with Gasteiger partial charge in [0, 0.05) is 40.6 Å². The molecule has 0 heterocycles. The van der Waals surface area contributed by atoms with E-state index in [-0.39, 0.29) is 5.78 Å². The maximum atomic E-state index is 13.8. The molecule has 21 heavy (non-hydrogen) atoms. The van der Waals surface area contributed by atoms with Crippen LogP contribution in [-0.2, 0) is 6.42 Å². The summed E-state index contributed by atoms with van der Waals surface area (Å²) >= 11 is 1.19. The van der Waals surface area contributed by atoms with Gasteiger partial charge in [0.25, 0.3) is 0 Å². The lowest BCUT2D eigenvalue weighted by Gasteiger charge is -2.12. The third-order valence-corrected chi connectivity index (χ3v) is 4.62. The Morgan fingerprint density at radius 3 is 2.62 bits per heavy atom. The van der Waals surface area contributed by atoms with E-state index < -0.39 is 11.6 Å². The number of aryl methyl sites for hydroxylation is 1. The molecule has 108 valence electrons. The van der Waals surface area contributed by atoms with Gasteiger partial charge in [-0.05, 0) is 36.2 Å². The number of hydrogen-bond acceptors (Lipinski definition) is 3. The molecule has 0 aromatic heterocycles. The number of benzene rings is 2. The molecule has 0 unspecified atom stereocenters. The quantitative estimate of drug-likeness (QED) is 0.917. The van der Waals surface area contributed by atoms with E-state index in [1.54, 1.807) is 13.1 Å². The van der Waals surface area contributed by atoms with Crippen molar-refractivity contribution in [2.24, 2.45) is 0 Å². The number of hydrogen-bond donors (Lipinski definition) is 1. The molecule has 2 aromatic rings. The van der Waals surface area contributed by atoms with Crippen LogP contribution in [0.5, 0.6) is 0 Å². The molecule has 0 spiro atoms. The SMILES string of the molecule is CNc1cc2c(cc1Sc1ccc(F)cc1F)C(=O)CC2. The molecule has 0 saturated heterocycles. The van der Waals surface area contributed by atoms with Crippen molar-refractivity contribution >= 4 is 23.2 Å². The molecule has 5 heteroatoms. The van der Waals surface area contributed by atoms with E-state index in [1.165, 1.54) is 23.9 Å². The third-order valence-electron chi connectivity index (χ3n) is 3.51. The predicted molar refractivity (Wildman–Crippen MR) is 79.1 cm³/mol. The Labute approximate surface area is 125 Å². The maximum Gasteiger partial charge on any atom is 0.163 e. The van der Waals surface area contributed by atoms with Gasteiger partial charge >= 0.3 is 0 Å². The Morgan fingerprint density at radius 1 is 1.10 bits per heavy atom. The minimum absolute atomic E-state index is 0.120. The second kappa shape index (κ2) is 5.48. The number of carbonyl (C=O) groups is 1. The van der Waals surface area contributed by atoms with E-state index in [9.17, 15) is 13.6 Å². The molecule has 1 N–H and O–H groups in total. The smallest absolute Gasteiger partial charge is 0.163 e. The molecule has 2 nitrogen and oxygen atoms in total. The summed E-state index contributed by atoms with van der Waals surface area (Å²) in [5.74, 6) is -1.09. The highest BCUT2D eigenvalue weighted by atomic mass is 32.2. The summed E-state index contributed by atoms with van der Waals surface area (Å²) in [6.07, 6.45) is 1.27. The molecular weight excluding hydrogens is 292 g/mol. The van der Waals surface area contributed by atoms with Crippen LogP contribution < -0.4 is 5.32 Å². The van der Waals surface area contributed by atoms with Gasteiger partial charge in [0.2, 0.25) is 0 Å². The normalized spacial score (nSPS) is 13.4. The lowest BCUT2D eigenvalue weighted by atomic mass is 10.1. The van der Waals surface area contributed by atoms with E-state index in [0.717, 1.165) is 28.6 Å². The van der Waals surface area contributed by atoms with Crippen LogP contribution in [0.15, 0.2) is 40.1 Å². The topological polar surface area (TPSA) is 29.1 Å². The molecule has 0 fully saturated rings. The van der Waals surface area contributed by atoms with E-state index in [4.69, 9.17) is 0 Å². The Morgan fingerprint density at radius 2 is 1.90 bits per heavy atom. The summed E-state index contributed by atoms with van der Waals surface area (Å²) in [7, 11) is 1.78. The minimum Gasteiger partial charge on any atom is -0.387 e. The highest BCUT2D eigenvalue weighted by molar-refractivity contribution is 7.99. The fraction of sp³-hybridized carbons (Fsp3) is 0.188. The van der Waals surface area contributed by atoms with Gasteiger partial charge in [0.15, 0.2) is 5.78 Å². The van der Waals surface area contributed by atoms with Crippen LogP contribution in [-0.4, -0.2) is 12.8 Å². The molecular formula is C16H13F2NOS. The molecule has 2 aromatic carbocycles. The van der Waals surface area contributed by atoms with Crippen molar-refractivity contribution in [3.05, 3.63) is 53.1 Å². The second-order valence-corrected chi connectivity index (χ2v) is 5.94. The average molecular weight is 305 g/mol. The first-order valence-corrected chi connectivity index (χ1v) is 7.41. The van der Waals surface area contributed by atoms with Crippen molar-refractivity contribution in [3.8, 4) is 0 Å². The Balaban J connectivity index is 2.01. The van der Waals surface area contributed by atoms with Gasteiger partial charge in [-0.3, -0.25) is 4.79 Å². The molecule has 1 aliphatic carbocycles. The molecule has 0 saturated carbocycles. The molecule has 0 bridgehead atoms. The van der Waals surface area contributed by atoms with Gasteiger partial charge in [0.05, 0.1) is 0 Å². The molecule has 0 aliphatic heterocycles. The standard InChI is InChI=1S/C16H13F2NOS/c1-19-13-6-9-2-4-14(20)11(9)8-16(13)21-15-5-3-10(17)7-12(15)18/h3,5-8,19H,2,4H2,1H3. The fourth-order valence-electron chi connectivity index (χ4n) is 2.43. The van der Waals surface area contributed by atoms with Crippen molar-refractivity contribution in [3.63, 3.8) is 0 Å². The third kappa shape index (κ3) is 2.65. The van der Waals surface area contributed by atoms with Gasteiger partial charge in [-0.1, -0.05) is 11.8 Å². The van der Waals surface area contributed by atoms with Crippen molar-refractivity contribution in [1.82, 2.24) is 0 Å². The summed E-state index contributed by atoms with van der Waals surface area (Å²) in [6, 6.07) is 7.22. The molecule has 3 rings (SSSR count). The van der Waals surface area contributed by atoms with Crippen LogP contribution in [0.2, 0.25) is 0 Å². The van der Waals surface area contributed by atoms with E-state index in [1.807, 2.05) is 6.07 Å². The molecule has 0 amide bonds. The number of halogens is 2. The predicted octanol–water partition coefficient (Wildman–Crippen LogP) is 4.29. The summed E-state index contributed by atoms with van der Waals surface area (Å²) in [4.78, 5) is 12.9. The van der Waals surface area contributed by atoms with Crippen LogP contribution in [0.3, 0.4) is 0 Å². The number of anilines is 1. The minimum atomic E-state index is -0.603. The number of fused-ring (bicyclic) bond motifs is 1. The van der Waals surface area contributed by atoms with Crippen molar-refractivity contribution in [2.45, 2.75) is 22.6 Å². The second-order valence-electron chi connectivity index (χ2n) is 4.86. The summed E-state index contributed by atoms with van der Waals surface area (Å²) in [5.41, 5.74) is 2.57. The average Bonchev–Trinajstić information content (AvgIpc) is 2.82. The van der Waals surface area contributed by atoms with Crippen LogP contribution in [0.25, 0.3) is 0 Å². The molecule has 0 atom stereocenters. The van der Waals surface area contributed by atoms with Gasteiger partial charge in [-0.25, -0.2) is 8.78 Å². The van der Waals surface area contributed by atoms with E-state index in [0.29, 0.717) is 16.9 Å². The first-order chi connectivity index (χ1) is 10.1. The van der Waals surface area contributed by atoms with Gasteiger partial charge in [0.1, 0.15) is 11.6 Å². The van der Waals surface area contributed by atoms with Crippen molar-refractivity contribution < 1.29 is 13.6 Å². The Kier molecular flexibility index (Phi) is 3.68. The van der Waals surface area contributed by atoms with Crippen LogP contribution >= 0.6 is 11.8 Å². The number of ketones is 1. The van der Waals surface area contributed by atoms with Crippen LogP contribution in [0.4, 0.5) is 14.5 Å². The lowest BCUT2D eigenvalue weighted by Crippen LogP contribution is -1.97. The number of nitrogens with one attached hydrogen (secondary N) is 1. The molecule has 1 aliphatic rings. The lowest BCUT2D eigenvalue weighted by molar-refractivity contribution is 0.0994. The zero-order valence-electron chi connectivity index (χ0n) is 11.4. The monoisotopic (exact) mass is 305 g/mol. The zero-order chi connectivity index (χ0) is 15.0. The van der Waals surface area contributed by atoms with Gasteiger partial charge in [-0.2, -0.15) is 0 Å². The highest BCUT2D eigenvalue weighted by Gasteiger charge is 2.22. The zero-order valence-corrected chi connectivity index (χ0v) is 12.2. The fourth-order valence-corrected chi connectivity index (χ4v) is 3.41. The van der Waals surface area contributed by atoms with Gasteiger partial charge in [-0.15, -0.1) is 0 Å². The van der Waals surface area contributed by atoms with Crippen molar-refractivity contribution in [1.29, 1.82) is 0 Å². The van der Waals surface area contributed by atoms with E-state index >= 15 is 0 Å². The summed E-state index contributed by atoms with van der Waals surface area (Å²) in [6.45, 7) is 0. The van der Waals surface area contributed by atoms with E-state index in [2.05, 4.69) is 5.32 Å². The van der Waals surface area contributed by atoms with Crippen LogP contribution in [0.1, 0.15) is 22.3 Å². The van der Waals surface area contributed by atoms with Gasteiger partial charge < -0.3 is 5.32 Å². The van der Waals surface area contributed by atoms with Crippen molar-refractivity contribution in [2.75, 3.05) is 12.4 Å². The number of Topliss-reactive ketones (excluding diaryl/α,β-unsaturated/α-hetero) is 1. The number of carbonyl (C=O) groups excluding carboxylic acids is 1.